The van der Waals surface area contributed by atoms with Gasteiger partial charge in [-0.25, -0.2) is 0 Å². The molecule has 0 N–H and O–H groups in total. The Morgan fingerprint density at radius 1 is 1.36 bits per heavy atom. The summed E-state index contributed by atoms with van der Waals surface area (Å²) in [5.41, 5.74) is 0.873. The summed E-state index contributed by atoms with van der Waals surface area (Å²) in [7, 11) is 0. The summed E-state index contributed by atoms with van der Waals surface area (Å²) in [4.78, 5) is 11.0. The highest BCUT2D eigenvalue weighted by Gasteiger charge is 2.27. The molecular formula is C10H9BrCl2O. The maximum atomic E-state index is 11.0. The molecule has 4 heteroatoms. The second kappa shape index (κ2) is 5.15. The van der Waals surface area contributed by atoms with E-state index in [2.05, 4.69) is 15.9 Å². The van der Waals surface area contributed by atoms with Gasteiger partial charge in [0.15, 0.2) is 0 Å². The van der Waals surface area contributed by atoms with Crippen LogP contribution >= 0.6 is 39.1 Å². The van der Waals surface area contributed by atoms with Gasteiger partial charge in [0.1, 0.15) is 10.6 Å². The SMILES string of the molecule is O=CC(Br)(CCCl)c1ccc(Cl)cc1. The molecule has 1 atom stereocenters. The van der Waals surface area contributed by atoms with Crippen molar-refractivity contribution in [3.8, 4) is 0 Å². The number of halogens is 3. The van der Waals surface area contributed by atoms with E-state index in [4.69, 9.17) is 23.2 Å². The van der Waals surface area contributed by atoms with E-state index in [1.54, 1.807) is 12.1 Å². The smallest absolute Gasteiger partial charge is 0.141 e. The number of carbonyl (C=O) groups excluding carboxylic acids is 1. The topological polar surface area (TPSA) is 17.1 Å². The molecule has 1 nitrogen and oxygen atoms in total. The van der Waals surface area contributed by atoms with Gasteiger partial charge in [0.2, 0.25) is 0 Å². The van der Waals surface area contributed by atoms with Crippen LogP contribution in [0.4, 0.5) is 0 Å². The Balaban J connectivity index is 2.99. The highest BCUT2D eigenvalue weighted by atomic mass is 79.9. The van der Waals surface area contributed by atoms with Crippen LogP contribution in [0.3, 0.4) is 0 Å². The first-order valence-corrected chi connectivity index (χ1v) is 5.80. The van der Waals surface area contributed by atoms with Crippen LogP contribution in [-0.2, 0) is 9.12 Å². The Morgan fingerprint density at radius 2 is 1.93 bits per heavy atom. The molecule has 0 aliphatic heterocycles. The average molecular weight is 296 g/mol. The van der Waals surface area contributed by atoms with E-state index in [0.29, 0.717) is 17.3 Å². The van der Waals surface area contributed by atoms with Crippen LogP contribution in [0, 0.1) is 0 Å². The Kier molecular flexibility index (Phi) is 4.42. The number of carbonyl (C=O) groups is 1. The largest absolute Gasteiger partial charge is 0.301 e. The van der Waals surface area contributed by atoms with Gasteiger partial charge in [-0.15, -0.1) is 11.6 Å². The van der Waals surface area contributed by atoms with Gasteiger partial charge in [-0.3, -0.25) is 0 Å². The lowest BCUT2D eigenvalue weighted by Gasteiger charge is -2.20. The third kappa shape index (κ3) is 2.72. The molecule has 0 bridgehead atoms. The molecule has 1 unspecified atom stereocenters. The van der Waals surface area contributed by atoms with Crippen LogP contribution in [0.1, 0.15) is 12.0 Å². The fourth-order valence-corrected chi connectivity index (χ4v) is 2.25. The summed E-state index contributed by atoms with van der Waals surface area (Å²) < 4.78 is -0.681. The molecule has 76 valence electrons. The number of hydrogen-bond donors (Lipinski definition) is 0. The highest BCUT2D eigenvalue weighted by molar-refractivity contribution is 9.10. The van der Waals surface area contributed by atoms with Gasteiger partial charge in [-0.2, -0.15) is 0 Å². The fourth-order valence-electron chi connectivity index (χ4n) is 1.14. The van der Waals surface area contributed by atoms with Crippen LogP contribution in [0.2, 0.25) is 5.02 Å². The highest BCUT2D eigenvalue weighted by Crippen LogP contribution is 2.33. The lowest BCUT2D eigenvalue weighted by atomic mass is 9.98. The molecule has 1 aromatic rings. The minimum Gasteiger partial charge on any atom is -0.301 e. The van der Waals surface area contributed by atoms with Crippen LogP contribution < -0.4 is 0 Å². The molecule has 0 saturated heterocycles. The molecule has 0 aromatic heterocycles. The van der Waals surface area contributed by atoms with Crippen molar-refractivity contribution in [3.05, 3.63) is 34.9 Å². The van der Waals surface area contributed by atoms with Crippen LogP contribution in [0.25, 0.3) is 0 Å². The van der Waals surface area contributed by atoms with E-state index in [1.165, 1.54) is 0 Å². The third-order valence-corrected chi connectivity index (χ3v) is 3.45. The minimum absolute atomic E-state index is 0.423. The van der Waals surface area contributed by atoms with Crippen molar-refractivity contribution in [1.29, 1.82) is 0 Å². The molecule has 0 aliphatic carbocycles. The Hall–Kier alpha value is -0.0500. The standard InChI is InChI=1S/C10H9BrCl2O/c11-10(7-14,5-6-12)8-1-3-9(13)4-2-8/h1-4,7H,5-6H2. The summed E-state index contributed by atoms with van der Waals surface area (Å²) in [5, 5.41) is 0.653. The summed E-state index contributed by atoms with van der Waals surface area (Å²) in [6.45, 7) is 0. The van der Waals surface area contributed by atoms with Gasteiger partial charge in [-0.05, 0) is 24.1 Å². The maximum absolute atomic E-state index is 11.0. The van der Waals surface area contributed by atoms with Crippen molar-refractivity contribution in [2.45, 2.75) is 10.7 Å². The normalized spacial score (nSPS) is 14.8. The molecule has 0 heterocycles. The number of rotatable bonds is 4. The second-order valence-corrected chi connectivity index (χ2v) is 5.16. The first kappa shape index (κ1) is 12.0. The second-order valence-electron chi connectivity index (χ2n) is 2.93. The van der Waals surface area contributed by atoms with Gasteiger partial charge in [0.05, 0.1) is 0 Å². The van der Waals surface area contributed by atoms with Crippen LogP contribution in [0.15, 0.2) is 24.3 Å². The number of alkyl halides is 2. The van der Waals surface area contributed by atoms with E-state index in [9.17, 15) is 4.79 Å². The van der Waals surface area contributed by atoms with E-state index < -0.39 is 4.32 Å². The fraction of sp³-hybridized carbons (Fsp3) is 0.300. The molecule has 0 saturated carbocycles. The summed E-state index contributed by atoms with van der Waals surface area (Å²) >= 11 is 14.8. The van der Waals surface area contributed by atoms with Gasteiger partial charge in [0, 0.05) is 10.9 Å². The zero-order valence-corrected chi connectivity index (χ0v) is 10.4. The molecule has 0 amide bonds. The molecular weight excluding hydrogens is 287 g/mol. The minimum atomic E-state index is -0.681. The average Bonchev–Trinajstić information content (AvgIpc) is 2.19. The summed E-state index contributed by atoms with van der Waals surface area (Å²) in [5.74, 6) is 0.423. The molecule has 0 fully saturated rings. The van der Waals surface area contributed by atoms with Crippen molar-refractivity contribution in [2.75, 3.05) is 5.88 Å². The first-order valence-electron chi connectivity index (χ1n) is 4.09. The molecule has 0 radical (unpaired) electrons. The van der Waals surface area contributed by atoms with Gasteiger partial charge in [0.25, 0.3) is 0 Å². The van der Waals surface area contributed by atoms with E-state index >= 15 is 0 Å². The lowest BCUT2D eigenvalue weighted by Crippen LogP contribution is -2.20. The molecule has 1 rings (SSSR count). The lowest BCUT2D eigenvalue weighted by molar-refractivity contribution is -0.109. The van der Waals surface area contributed by atoms with E-state index in [0.717, 1.165) is 11.8 Å². The third-order valence-electron chi connectivity index (χ3n) is 1.97. The van der Waals surface area contributed by atoms with Crippen molar-refractivity contribution < 1.29 is 4.79 Å². The zero-order chi connectivity index (χ0) is 10.6. The first-order chi connectivity index (χ1) is 6.62. The molecule has 1 aromatic carbocycles. The van der Waals surface area contributed by atoms with Gasteiger partial charge < -0.3 is 4.79 Å². The predicted octanol–water partition coefficient (Wildman–Crippen LogP) is 3.76. The van der Waals surface area contributed by atoms with Crippen LogP contribution in [-0.4, -0.2) is 12.2 Å². The van der Waals surface area contributed by atoms with Crippen molar-refractivity contribution in [3.63, 3.8) is 0 Å². The van der Waals surface area contributed by atoms with E-state index in [1.807, 2.05) is 12.1 Å². The van der Waals surface area contributed by atoms with Crippen molar-refractivity contribution >= 4 is 45.4 Å². The molecule has 14 heavy (non-hydrogen) atoms. The molecule has 0 spiro atoms. The zero-order valence-electron chi connectivity index (χ0n) is 7.34. The Morgan fingerprint density at radius 3 is 2.36 bits per heavy atom. The van der Waals surface area contributed by atoms with E-state index in [-0.39, 0.29) is 0 Å². The Labute approximate surface area is 102 Å². The van der Waals surface area contributed by atoms with Crippen molar-refractivity contribution in [1.82, 2.24) is 0 Å². The number of aldehydes is 1. The quantitative estimate of drug-likeness (QED) is 0.611. The van der Waals surface area contributed by atoms with Gasteiger partial charge in [-0.1, -0.05) is 39.7 Å². The number of benzene rings is 1. The number of hydrogen-bond acceptors (Lipinski definition) is 1. The van der Waals surface area contributed by atoms with Gasteiger partial charge >= 0.3 is 0 Å². The molecule has 0 aliphatic rings. The Bertz CT molecular complexity index is 312. The van der Waals surface area contributed by atoms with Crippen molar-refractivity contribution in [2.24, 2.45) is 0 Å². The maximum Gasteiger partial charge on any atom is 0.141 e. The summed E-state index contributed by atoms with van der Waals surface area (Å²) in [6, 6.07) is 7.14. The monoisotopic (exact) mass is 294 g/mol. The predicted molar refractivity (Wildman–Crippen MR) is 63.5 cm³/mol. The summed E-state index contributed by atoms with van der Waals surface area (Å²) in [6.07, 6.45) is 1.41. The van der Waals surface area contributed by atoms with Crippen LogP contribution in [0.5, 0.6) is 0 Å².